The maximum atomic E-state index is 12.7. The quantitative estimate of drug-likeness (QED) is 0.680. The molecule has 1 heterocycles. The number of hydrogen-bond acceptors (Lipinski definition) is 5. The highest BCUT2D eigenvalue weighted by Gasteiger charge is 2.35. The van der Waals surface area contributed by atoms with E-state index in [9.17, 15) is 9.59 Å². The number of carbonyl (C=O) groups is 2. The minimum Gasteiger partial charge on any atom is -0.493 e. The Morgan fingerprint density at radius 1 is 1.11 bits per heavy atom. The number of nitrogens with zero attached hydrogens (tertiary/aromatic N) is 1. The van der Waals surface area contributed by atoms with Gasteiger partial charge >= 0.3 is 0 Å². The van der Waals surface area contributed by atoms with E-state index in [1.165, 1.54) is 4.90 Å². The van der Waals surface area contributed by atoms with Crippen LogP contribution in [0, 0.1) is 6.92 Å². The fraction of sp³-hybridized carbons (Fsp3) is 0.238. The lowest BCUT2D eigenvalue weighted by atomic mass is 10.1. The number of hydrogen-bond donors (Lipinski definition) is 0. The van der Waals surface area contributed by atoms with Gasteiger partial charge in [-0.3, -0.25) is 14.5 Å². The summed E-state index contributed by atoms with van der Waals surface area (Å²) in [5.41, 5.74) is 2.80. The molecule has 1 aliphatic heterocycles. The first kappa shape index (κ1) is 19.0. The number of aryl methyl sites for hydroxylation is 1. The topological polar surface area (TPSA) is 55.8 Å². The van der Waals surface area contributed by atoms with Crippen LogP contribution in [0.3, 0.4) is 0 Å². The van der Waals surface area contributed by atoms with Gasteiger partial charge in [-0.15, -0.1) is 0 Å². The molecule has 0 bridgehead atoms. The normalized spacial score (nSPS) is 15.5. The van der Waals surface area contributed by atoms with Crippen LogP contribution < -0.4 is 9.47 Å². The van der Waals surface area contributed by atoms with E-state index in [0.29, 0.717) is 23.0 Å². The molecular formula is C21H21NO4S. The summed E-state index contributed by atoms with van der Waals surface area (Å²) in [6.07, 6.45) is 1.71. The fourth-order valence-corrected chi connectivity index (χ4v) is 3.67. The number of methoxy groups -OCH3 is 1. The summed E-state index contributed by atoms with van der Waals surface area (Å²) >= 11 is 0.956. The Labute approximate surface area is 163 Å². The summed E-state index contributed by atoms with van der Waals surface area (Å²) in [6, 6.07) is 13.2. The average Bonchev–Trinajstić information content (AvgIpc) is 2.90. The Morgan fingerprint density at radius 2 is 1.93 bits per heavy atom. The molecule has 1 saturated heterocycles. The van der Waals surface area contributed by atoms with Crippen LogP contribution >= 0.6 is 11.8 Å². The van der Waals surface area contributed by atoms with Crippen molar-refractivity contribution in [3.05, 3.63) is 64.1 Å². The summed E-state index contributed by atoms with van der Waals surface area (Å²) in [7, 11) is 1.58. The minimum absolute atomic E-state index is 0.258. The molecular weight excluding hydrogens is 362 g/mol. The zero-order chi connectivity index (χ0) is 19.4. The molecule has 0 atom stereocenters. The van der Waals surface area contributed by atoms with E-state index in [-0.39, 0.29) is 17.7 Å². The predicted molar refractivity (Wildman–Crippen MR) is 107 cm³/mol. The van der Waals surface area contributed by atoms with Crippen LogP contribution in [-0.4, -0.2) is 29.8 Å². The molecule has 140 valence electrons. The third-order valence-electron chi connectivity index (χ3n) is 4.08. The van der Waals surface area contributed by atoms with Crippen molar-refractivity contribution in [3.63, 3.8) is 0 Å². The predicted octanol–water partition coefficient (Wildman–Crippen LogP) is 4.64. The number of thioether (sulfide) groups is 1. The van der Waals surface area contributed by atoms with Gasteiger partial charge < -0.3 is 9.47 Å². The molecule has 2 aromatic carbocycles. The van der Waals surface area contributed by atoms with Gasteiger partial charge in [-0.25, -0.2) is 0 Å². The first-order valence-corrected chi connectivity index (χ1v) is 9.45. The summed E-state index contributed by atoms with van der Waals surface area (Å²) in [6.45, 7) is 4.66. The second kappa shape index (κ2) is 8.31. The molecule has 0 aliphatic carbocycles. The minimum atomic E-state index is -0.278. The van der Waals surface area contributed by atoms with Gasteiger partial charge in [0.2, 0.25) is 0 Å². The lowest BCUT2D eigenvalue weighted by Gasteiger charge is -2.12. The van der Waals surface area contributed by atoms with E-state index in [1.54, 1.807) is 25.3 Å². The lowest BCUT2D eigenvalue weighted by molar-refractivity contribution is -0.123. The Kier molecular flexibility index (Phi) is 5.86. The zero-order valence-electron chi connectivity index (χ0n) is 15.5. The first-order valence-electron chi connectivity index (χ1n) is 8.63. The zero-order valence-corrected chi connectivity index (χ0v) is 16.3. The van der Waals surface area contributed by atoms with Gasteiger partial charge in [-0.2, -0.15) is 0 Å². The van der Waals surface area contributed by atoms with Crippen molar-refractivity contribution < 1.29 is 19.1 Å². The molecule has 2 amide bonds. The third kappa shape index (κ3) is 4.34. The van der Waals surface area contributed by atoms with Crippen LogP contribution in [-0.2, 0) is 11.3 Å². The lowest BCUT2D eigenvalue weighted by Crippen LogP contribution is -2.27. The molecule has 0 radical (unpaired) electrons. The molecule has 0 spiro atoms. The van der Waals surface area contributed by atoms with Crippen molar-refractivity contribution in [3.8, 4) is 11.5 Å². The first-order chi connectivity index (χ1) is 13.0. The van der Waals surface area contributed by atoms with Gasteiger partial charge in [0.1, 0.15) is 0 Å². The van der Waals surface area contributed by atoms with Crippen LogP contribution in [0.1, 0.15) is 23.6 Å². The van der Waals surface area contributed by atoms with Crippen LogP contribution in [0.5, 0.6) is 11.5 Å². The molecule has 5 nitrogen and oxygen atoms in total. The monoisotopic (exact) mass is 383 g/mol. The van der Waals surface area contributed by atoms with E-state index in [4.69, 9.17) is 9.47 Å². The second-order valence-corrected chi connectivity index (χ2v) is 7.09. The number of amides is 2. The van der Waals surface area contributed by atoms with Crippen LogP contribution in [0.25, 0.3) is 6.08 Å². The molecule has 0 N–H and O–H groups in total. The van der Waals surface area contributed by atoms with Gasteiger partial charge in [0.15, 0.2) is 11.5 Å². The van der Waals surface area contributed by atoms with E-state index < -0.39 is 0 Å². The molecule has 2 aromatic rings. The number of rotatable bonds is 6. The average molecular weight is 383 g/mol. The highest BCUT2D eigenvalue weighted by Crippen LogP contribution is 2.35. The molecule has 1 fully saturated rings. The summed E-state index contributed by atoms with van der Waals surface area (Å²) in [5, 5.41) is -0.258. The van der Waals surface area contributed by atoms with Crippen LogP contribution in [0.4, 0.5) is 4.79 Å². The number of imide groups is 1. The molecule has 0 aromatic heterocycles. The third-order valence-corrected chi connectivity index (χ3v) is 4.99. The Hall–Kier alpha value is -2.73. The molecule has 3 rings (SSSR count). The highest BCUT2D eigenvalue weighted by atomic mass is 32.2. The molecule has 6 heteroatoms. The Morgan fingerprint density at radius 3 is 2.63 bits per heavy atom. The van der Waals surface area contributed by atoms with Gasteiger partial charge in [-0.05, 0) is 54.9 Å². The van der Waals surface area contributed by atoms with Crippen molar-refractivity contribution in [2.75, 3.05) is 13.7 Å². The molecule has 1 aliphatic rings. The maximum Gasteiger partial charge on any atom is 0.293 e. The fourth-order valence-electron chi connectivity index (χ4n) is 2.83. The van der Waals surface area contributed by atoms with Crippen molar-refractivity contribution in [1.82, 2.24) is 4.90 Å². The van der Waals surface area contributed by atoms with E-state index in [0.717, 1.165) is 28.5 Å². The Bertz CT molecular complexity index is 907. The standard InChI is InChI=1S/C21H21NO4S/c1-4-26-18-11-15(8-9-17(18)25-3)12-19-20(23)22(21(24)27-19)13-16-7-5-6-14(2)10-16/h5-12H,4,13H2,1-3H3/b19-12-. The largest absolute Gasteiger partial charge is 0.493 e. The van der Waals surface area contributed by atoms with Crippen molar-refractivity contribution >= 4 is 29.0 Å². The van der Waals surface area contributed by atoms with Crippen molar-refractivity contribution in [2.45, 2.75) is 20.4 Å². The molecule has 27 heavy (non-hydrogen) atoms. The molecule has 0 unspecified atom stereocenters. The SMILES string of the molecule is CCOc1cc(/C=C2\SC(=O)N(Cc3cccc(C)c3)C2=O)ccc1OC. The van der Waals surface area contributed by atoms with E-state index >= 15 is 0 Å². The van der Waals surface area contributed by atoms with Gasteiger partial charge in [0.25, 0.3) is 11.1 Å². The number of carbonyl (C=O) groups excluding carboxylic acids is 2. The number of ether oxygens (including phenoxy) is 2. The maximum absolute atomic E-state index is 12.7. The second-order valence-electron chi connectivity index (χ2n) is 6.10. The van der Waals surface area contributed by atoms with Crippen LogP contribution in [0.2, 0.25) is 0 Å². The molecule has 0 saturated carbocycles. The Balaban J connectivity index is 1.82. The summed E-state index contributed by atoms with van der Waals surface area (Å²) in [4.78, 5) is 26.7. The van der Waals surface area contributed by atoms with E-state index in [2.05, 4.69) is 0 Å². The van der Waals surface area contributed by atoms with Crippen molar-refractivity contribution in [1.29, 1.82) is 0 Å². The highest BCUT2D eigenvalue weighted by molar-refractivity contribution is 8.18. The summed E-state index contributed by atoms with van der Waals surface area (Å²) in [5.74, 6) is 0.953. The van der Waals surface area contributed by atoms with Gasteiger partial charge in [0.05, 0.1) is 25.2 Å². The number of benzene rings is 2. The smallest absolute Gasteiger partial charge is 0.293 e. The summed E-state index contributed by atoms with van der Waals surface area (Å²) < 4.78 is 10.8. The van der Waals surface area contributed by atoms with E-state index in [1.807, 2.05) is 44.2 Å². The van der Waals surface area contributed by atoms with Gasteiger partial charge in [0, 0.05) is 0 Å². The van der Waals surface area contributed by atoms with Gasteiger partial charge in [-0.1, -0.05) is 35.9 Å². The van der Waals surface area contributed by atoms with Crippen LogP contribution in [0.15, 0.2) is 47.4 Å². The van der Waals surface area contributed by atoms with Crippen molar-refractivity contribution in [2.24, 2.45) is 0 Å².